The minimum Gasteiger partial charge on any atom is -0.341 e. The lowest BCUT2D eigenvalue weighted by Gasteiger charge is -2.30. The van der Waals surface area contributed by atoms with Crippen LogP contribution in [-0.2, 0) is 4.79 Å². The summed E-state index contributed by atoms with van der Waals surface area (Å²) in [5.41, 5.74) is 1.22. The second-order valence-corrected chi connectivity index (χ2v) is 5.41. The van der Waals surface area contributed by atoms with E-state index in [1.807, 2.05) is 30.0 Å². The second-order valence-electron chi connectivity index (χ2n) is 5.41. The molecule has 3 heteroatoms. The van der Waals surface area contributed by atoms with Crippen LogP contribution in [0.15, 0.2) is 30.3 Å². The van der Waals surface area contributed by atoms with E-state index in [1.165, 1.54) is 12.0 Å². The van der Waals surface area contributed by atoms with Crippen LogP contribution in [0.2, 0.25) is 0 Å². The molecule has 1 aliphatic rings. The van der Waals surface area contributed by atoms with Crippen LogP contribution in [0.25, 0.3) is 0 Å². The smallest absolute Gasteiger partial charge is 0.239 e. The third-order valence-corrected chi connectivity index (χ3v) is 3.84. The maximum atomic E-state index is 12.3. The monoisotopic (exact) mass is 260 g/mol. The van der Waals surface area contributed by atoms with Gasteiger partial charge in [-0.3, -0.25) is 10.1 Å². The van der Waals surface area contributed by atoms with Crippen LogP contribution in [-0.4, -0.2) is 29.9 Å². The van der Waals surface area contributed by atoms with E-state index < -0.39 is 0 Å². The third-order valence-electron chi connectivity index (χ3n) is 3.84. The third kappa shape index (κ3) is 3.80. The van der Waals surface area contributed by atoms with Crippen molar-refractivity contribution in [2.75, 3.05) is 13.1 Å². The van der Waals surface area contributed by atoms with Crippen molar-refractivity contribution in [1.82, 2.24) is 10.2 Å². The first kappa shape index (κ1) is 14.1. The summed E-state index contributed by atoms with van der Waals surface area (Å²) in [4.78, 5) is 14.3. The summed E-state index contributed by atoms with van der Waals surface area (Å²) in [6.07, 6.45) is 3.55. The molecule has 0 saturated carbocycles. The van der Waals surface area contributed by atoms with Gasteiger partial charge in [0.15, 0.2) is 0 Å². The Bertz CT molecular complexity index is 398. The minimum absolute atomic E-state index is 0.117. The topological polar surface area (TPSA) is 32.3 Å². The van der Waals surface area contributed by atoms with Crippen molar-refractivity contribution in [2.45, 2.75) is 45.2 Å². The van der Waals surface area contributed by atoms with Crippen LogP contribution in [0.3, 0.4) is 0 Å². The predicted molar refractivity (Wildman–Crippen MR) is 77.9 cm³/mol. The number of nitrogens with zero attached hydrogens (tertiary/aromatic N) is 1. The van der Waals surface area contributed by atoms with E-state index in [-0.39, 0.29) is 18.0 Å². The van der Waals surface area contributed by atoms with E-state index in [1.54, 1.807) is 0 Å². The molecular weight excluding hydrogens is 236 g/mol. The van der Waals surface area contributed by atoms with Gasteiger partial charge in [0.05, 0.1) is 6.04 Å². The summed E-state index contributed by atoms with van der Waals surface area (Å²) in [7, 11) is 0. The van der Waals surface area contributed by atoms with Gasteiger partial charge in [0.25, 0.3) is 0 Å². The van der Waals surface area contributed by atoms with E-state index in [0.717, 1.165) is 25.9 Å². The lowest BCUT2D eigenvalue weighted by atomic mass is 10.1. The summed E-state index contributed by atoms with van der Waals surface area (Å²) in [5, 5.41) is 3.40. The number of hydrogen-bond acceptors (Lipinski definition) is 2. The van der Waals surface area contributed by atoms with Crippen LogP contribution in [0.4, 0.5) is 0 Å². The van der Waals surface area contributed by atoms with Crippen molar-refractivity contribution in [3.05, 3.63) is 35.9 Å². The zero-order chi connectivity index (χ0) is 13.7. The normalized spacial score (nSPS) is 18.9. The minimum atomic E-state index is -0.117. The maximum absolute atomic E-state index is 12.3. The van der Waals surface area contributed by atoms with Gasteiger partial charge in [-0.05, 0) is 38.7 Å². The average molecular weight is 260 g/mol. The molecule has 0 spiro atoms. The summed E-state index contributed by atoms with van der Waals surface area (Å²) < 4.78 is 0. The Labute approximate surface area is 116 Å². The first-order valence-electron chi connectivity index (χ1n) is 7.28. The predicted octanol–water partition coefficient (Wildman–Crippen LogP) is 2.74. The molecule has 19 heavy (non-hydrogen) atoms. The molecule has 0 aliphatic carbocycles. The van der Waals surface area contributed by atoms with E-state index in [0.29, 0.717) is 0 Å². The van der Waals surface area contributed by atoms with Gasteiger partial charge in [-0.25, -0.2) is 0 Å². The largest absolute Gasteiger partial charge is 0.341 e. The number of rotatable bonds is 4. The average Bonchev–Trinajstić information content (AvgIpc) is 2.48. The lowest BCUT2D eigenvalue weighted by Crippen LogP contribution is -2.47. The summed E-state index contributed by atoms with van der Waals surface area (Å²) in [6.45, 7) is 5.92. The van der Waals surface area contributed by atoms with Crippen LogP contribution >= 0.6 is 0 Å². The highest BCUT2D eigenvalue weighted by Gasteiger charge is 2.23. The van der Waals surface area contributed by atoms with Crippen LogP contribution < -0.4 is 5.32 Å². The zero-order valence-electron chi connectivity index (χ0n) is 11.9. The molecule has 0 radical (unpaired) electrons. The van der Waals surface area contributed by atoms with Crippen LogP contribution in [0, 0.1) is 0 Å². The van der Waals surface area contributed by atoms with E-state index in [4.69, 9.17) is 0 Å². The molecule has 104 valence electrons. The molecule has 1 N–H and O–H groups in total. The fourth-order valence-corrected chi connectivity index (χ4v) is 2.67. The van der Waals surface area contributed by atoms with Crippen molar-refractivity contribution in [2.24, 2.45) is 0 Å². The molecule has 1 aliphatic heterocycles. The lowest BCUT2D eigenvalue weighted by molar-refractivity contribution is -0.134. The van der Waals surface area contributed by atoms with Gasteiger partial charge in [-0.15, -0.1) is 0 Å². The van der Waals surface area contributed by atoms with E-state index >= 15 is 0 Å². The number of carbonyl (C=O) groups excluding carboxylic acids is 1. The first-order chi connectivity index (χ1) is 9.18. The van der Waals surface area contributed by atoms with Crippen molar-refractivity contribution in [1.29, 1.82) is 0 Å². The SMILES string of the molecule is CC(N[C@@H](C)c1ccccc1)C(=O)N1CCCCC1. The second kappa shape index (κ2) is 6.71. The summed E-state index contributed by atoms with van der Waals surface area (Å²) in [5.74, 6) is 0.238. The van der Waals surface area contributed by atoms with Crippen molar-refractivity contribution in [3.8, 4) is 0 Å². The Balaban J connectivity index is 1.89. The first-order valence-corrected chi connectivity index (χ1v) is 7.28. The molecular formula is C16H24N2O. The number of nitrogens with one attached hydrogen (secondary N) is 1. The summed E-state index contributed by atoms with van der Waals surface area (Å²) >= 11 is 0. The van der Waals surface area contributed by atoms with Crippen LogP contribution in [0.1, 0.15) is 44.7 Å². The van der Waals surface area contributed by atoms with Gasteiger partial charge in [0.2, 0.25) is 5.91 Å². The summed E-state index contributed by atoms with van der Waals surface area (Å²) in [6, 6.07) is 10.3. The maximum Gasteiger partial charge on any atom is 0.239 e. The number of piperidine rings is 1. The van der Waals surface area contributed by atoms with Gasteiger partial charge < -0.3 is 4.90 Å². The number of benzene rings is 1. The van der Waals surface area contributed by atoms with Crippen molar-refractivity contribution < 1.29 is 4.79 Å². The van der Waals surface area contributed by atoms with Gasteiger partial charge in [-0.1, -0.05) is 30.3 Å². The highest BCUT2D eigenvalue weighted by Crippen LogP contribution is 2.14. The van der Waals surface area contributed by atoms with Gasteiger partial charge >= 0.3 is 0 Å². The Morgan fingerprint density at radius 2 is 1.74 bits per heavy atom. The Kier molecular flexibility index (Phi) is 4.97. The molecule has 1 saturated heterocycles. The standard InChI is InChI=1S/C16H24N2O/c1-13(15-9-5-3-6-10-15)17-14(2)16(19)18-11-7-4-8-12-18/h3,5-6,9-10,13-14,17H,4,7-8,11-12H2,1-2H3/t13-,14?/m0/s1. The zero-order valence-corrected chi connectivity index (χ0v) is 11.9. The Morgan fingerprint density at radius 1 is 1.11 bits per heavy atom. The Hall–Kier alpha value is -1.35. The van der Waals surface area contributed by atoms with Crippen LogP contribution in [0.5, 0.6) is 0 Å². The van der Waals surface area contributed by atoms with Gasteiger partial charge in [0, 0.05) is 19.1 Å². The Morgan fingerprint density at radius 3 is 2.37 bits per heavy atom. The molecule has 1 aromatic rings. The molecule has 3 nitrogen and oxygen atoms in total. The van der Waals surface area contributed by atoms with Gasteiger partial charge in [-0.2, -0.15) is 0 Å². The molecule has 2 rings (SSSR count). The fraction of sp³-hybridized carbons (Fsp3) is 0.562. The van der Waals surface area contributed by atoms with Crippen molar-refractivity contribution in [3.63, 3.8) is 0 Å². The molecule has 1 fully saturated rings. The molecule has 1 amide bonds. The molecule has 0 bridgehead atoms. The fourth-order valence-electron chi connectivity index (χ4n) is 2.67. The number of carbonyl (C=O) groups is 1. The van der Waals surface area contributed by atoms with Crippen molar-refractivity contribution >= 4 is 5.91 Å². The number of hydrogen-bond donors (Lipinski definition) is 1. The number of amides is 1. The molecule has 2 atom stereocenters. The molecule has 1 unspecified atom stereocenters. The van der Waals surface area contributed by atoms with E-state index in [2.05, 4.69) is 24.4 Å². The highest BCUT2D eigenvalue weighted by molar-refractivity contribution is 5.81. The quantitative estimate of drug-likeness (QED) is 0.903. The van der Waals surface area contributed by atoms with Gasteiger partial charge in [0.1, 0.15) is 0 Å². The molecule has 0 aromatic heterocycles. The number of likely N-dealkylation sites (tertiary alicyclic amines) is 1. The molecule has 1 heterocycles. The highest BCUT2D eigenvalue weighted by atomic mass is 16.2. The van der Waals surface area contributed by atoms with E-state index in [9.17, 15) is 4.79 Å². The molecule has 1 aromatic carbocycles.